The van der Waals surface area contributed by atoms with E-state index in [1.165, 1.54) is 5.56 Å². The van der Waals surface area contributed by atoms with Crippen molar-refractivity contribution in [3.05, 3.63) is 121 Å². The topological polar surface area (TPSA) is 62.8 Å². The van der Waals surface area contributed by atoms with Gasteiger partial charge in [-0.3, -0.25) is 0 Å². The number of imidazole rings is 1. The van der Waals surface area contributed by atoms with Gasteiger partial charge in [0.15, 0.2) is 0 Å². The minimum atomic E-state index is 0.0984. The Hall–Kier alpha value is -4.77. The van der Waals surface area contributed by atoms with Crippen LogP contribution in [-0.2, 0) is 6.54 Å². The number of hydrogen-bond acceptors (Lipinski definition) is 4. The SMILES string of the molecule is Oc1ccc2ccccc2c1N=Nc1ccccc1-c1nc2ccccc2n1Cc1ccccc1. The van der Waals surface area contributed by atoms with Crippen molar-refractivity contribution in [2.75, 3.05) is 0 Å². The van der Waals surface area contributed by atoms with Crippen LogP contribution in [0.1, 0.15) is 5.56 Å². The van der Waals surface area contributed by atoms with Gasteiger partial charge in [0.05, 0.1) is 16.7 Å². The number of nitrogens with zero attached hydrogens (tertiary/aromatic N) is 4. The highest BCUT2D eigenvalue weighted by molar-refractivity contribution is 5.95. The van der Waals surface area contributed by atoms with Gasteiger partial charge in [-0.05, 0) is 41.3 Å². The average molecular weight is 455 g/mol. The first-order valence-electron chi connectivity index (χ1n) is 11.5. The number of aromatic hydroxyl groups is 1. The van der Waals surface area contributed by atoms with Crippen LogP contribution in [0.3, 0.4) is 0 Å². The Morgan fingerprint density at radius 2 is 1.43 bits per heavy atom. The summed E-state index contributed by atoms with van der Waals surface area (Å²) >= 11 is 0. The van der Waals surface area contributed by atoms with E-state index in [-0.39, 0.29) is 5.75 Å². The normalized spacial score (nSPS) is 11.5. The summed E-state index contributed by atoms with van der Waals surface area (Å²) in [5.74, 6) is 0.924. The number of phenols is 1. The molecule has 1 aromatic heterocycles. The lowest BCUT2D eigenvalue weighted by molar-refractivity contribution is 0.477. The first kappa shape index (κ1) is 20.8. The lowest BCUT2D eigenvalue weighted by Gasteiger charge is -2.11. The highest BCUT2D eigenvalue weighted by atomic mass is 16.3. The lowest BCUT2D eigenvalue weighted by atomic mass is 10.1. The summed E-state index contributed by atoms with van der Waals surface area (Å²) in [5, 5.41) is 21.4. The Morgan fingerprint density at radius 1 is 0.686 bits per heavy atom. The van der Waals surface area contributed by atoms with E-state index in [2.05, 4.69) is 33.0 Å². The third-order valence-corrected chi connectivity index (χ3v) is 6.12. The summed E-state index contributed by atoms with van der Waals surface area (Å²) in [6.07, 6.45) is 0. The van der Waals surface area contributed by atoms with Gasteiger partial charge in [-0.15, -0.1) is 10.2 Å². The summed E-state index contributed by atoms with van der Waals surface area (Å²) < 4.78 is 2.22. The molecule has 5 heteroatoms. The fourth-order valence-electron chi connectivity index (χ4n) is 4.41. The molecule has 168 valence electrons. The molecule has 6 rings (SSSR count). The Bertz CT molecular complexity index is 1690. The highest BCUT2D eigenvalue weighted by Gasteiger charge is 2.16. The average Bonchev–Trinajstić information content (AvgIpc) is 3.27. The fourth-order valence-corrected chi connectivity index (χ4v) is 4.41. The van der Waals surface area contributed by atoms with Gasteiger partial charge in [0.25, 0.3) is 0 Å². The number of benzene rings is 5. The molecule has 0 unspecified atom stereocenters. The van der Waals surface area contributed by atoms with Gasteiger partial charge in [-0.25, -0.2) is 4.98 Å². The van der Waals surface area contributed by atoms with E-state index in [0.717, 1.165) is 33.2 Å². The molecule has 0 bridgehead atoms. The van der Waals surface area contributed by atoms with Gasteiger partial charge in [0.1, 0.15) is 17.3 Å². The van der Waals surface area contributed by atoms with Crippen molar-refractivity contribution >= 4 is 33.2 Å². The van der Waals surface area contributed by atoms with Crippen LogP contribution in [0.5, 0.6) is 5.75 Å². The van der Waals surface area contributed by atoms with E-state index in [1.54, 1.807) is 6.07 Å². The number of phenolic OH excluding ortho intramolecular Hbond substituents is 1. The number of fused-ring (bicyclic) bond motifs is 2. The number of rotatable bonds is 5. The molecule has 0 amide bonds. The molecule has 1 N–H and O–H groups in total. The third-order valence-electron chi connectivity index (χ3n) is 6.12. The van der Waals surface area contributed by atoms with Crippen LogP contribution in [0, 0.1) is 0 Å². The molecular formula is C30H22N4O. The van der Waals surface area contributed by atoms with E-state index in [4.69, 9.17) is 4.98 Å². The van der Waals surface area contributed by atoms with Crippen molar-refractivity contribution in [1.82, 2.24) is 9.55 Å². The largest absolute Gasteiger partial charge is 0.506 e. The van der Waals surface area contributed by atoms with Crippen LogP contribution in [0.2, 0.25) is 0 Å². The van der Waals surface area contributed by atoms with Gasteiger partial charge < -0.3 is 9.67 Å². The van der Waals surface area contributed by atoms with Crippen molar-refractivity contribution in [2.24, 2.45) is 10.2 Å². The van der Waals surface area contributed by atoms with Crippen molar-refractivity contribution < 1.29 is 5.11 Å². The predicted octanol–water partition coefficient (Wildman–Crippen LogP) is 8.03. The molecule has 0 aliphatic heterocycles. The van der Waals surface area contributed by atoms with Crippen molar-refractivity contribution in [3.8, 4) is 17.1 Å². The smallest absolute Gasteiger partial charge is 0.143 e. The molecule has 0 saturated heterocycles. The van der Waals surface area contributed by atoms with Crippen LogP contribution in [0.4, 0.5) is 11.4 Å². The van der Waals surface area contributed by atoms with Gasteiger partial charge in [0, 0.05) is 17.5 Å². The minimum absolute atomic E-state index is 0.0984. The van der Waals surface area contributed by atoms with E-state index in [9.17, 15) is 5.11 Å². The fraction of sp³-hybridized carbons (Fsp3) is 0.0333. The monoisotopic (exact) mass is 454 g/mol. The van der Waals surface area contributed by atoms with Crippen LogP contribution in [-0.4, -0.2) is 14.7 Å². The molecule has 0 atom stereocenters. The van der Waals surface area contributed by atoms with Crippen molar-refractivity contribution in [1.29, 1.82) is 0 Å². The number of para-hydroxylation sites is 2. The van der Waals surface area contributed by atoms with Crippen LogP contribution in [0.15, 0.2) is 125 Å². The minimum Gasteiger partial charge on any atom is -0.506 e. The summed E-state index contributed by atoms with van der Waals surface area (Å²) in [4.78, 5) is 4.97. The zero-order chi connectivity index (χ0) is 23.6. The maximum Gasteiger partial charge on any atom is 0.143 e. The summed E-state index contributed by atoms with van der Waals surface area (Å²) in [6.45, 7) is 0.687. The van der Waals surface area contributed by atoms with E-state index < -0.39 is 0 Å². The van der Waals surface area contributed by atoms with Gasteiger partial charge in [0.2, 0.25) is 0 Å². The second-order valence-electron chi connectivity index (χ2n) is 8.37. The Kier molecular flexibility index (Phi) is 5.28. The maximum absolute atomic E-state index is 10.5. The lowest BCUT2D eigenvalue weighted by Crippen LogP contribution is -2.02. The molecular weight excluding hydrogens is 432 g/mol. The zero-order valence-corrected chi connectivity index (χ0v) is 18.9. The molecule has 6 aromatic rings. The molecule has 1 heterocycles. The first-order valence-corrected chi connectivity index (χ1v) is 11.5. The van der Waals surface area contributed by atoms with Crippen molar-refractivity contribution in [2.45, 2.75) is 6.54 Å². The molecule has 0 aliphatic rings. The molecule has 35 heavy (non-hydrogen) atoms. The van der Waals surface area contributed by atoms with E-state index >= 15 is 0 Å². The maximum atomic E-state index is 10.5. The molecule has 5 nitrogen and oxygen atoms in total. The second kappa shape index (κ2) is 8.88. The second-order valence-corrected chi connectivity index (χ2v) is 8.37. The van der Waals surface area contributed by atoms with Crippen LogP contribution in [0.25, 0.3) is 33.2 Å². The zero-order valence-electron chi connectivity index (χ0n) is 18.9. The molecule has 0 radical (unpaired) electrons. The summed E-state index contributed by atoms with van der Waals surface area (Å²) in [7, 11) is 0. The molecule has 0 aliphatic carbocycles. The highest BCUT2D eigenvalue weighted by Crippen LogP contribution is 2.38. The molecule has 5 aromatic carbocycles. The summed E-state index contributed by atoms with van der Waals surface area (Å²) in [6, 6.07) is 37.7. The molecule has 0 spiro atoms. The van der Waals surface area contributed by atoms with Gasteiger partial charge >= 0.3 is 0 Å². The summed E-state index contributed by atoms with van der Waals surface area (Å²) in [5.41, 5.74) is 5.20. The van der Waals surface area contributed by atoms with Gasteiger partial charge in [-0.1, -0.05) is 84.9 Å². The van der Waals surface area contributed by atoms with Crippen LogP contribution >= 0.6 is 0 Å². The Balaban J connectivity index is 1.49. The molecule has 0 saturated carbocycles. The van der Waals surface area contributed by atoms with E-state index in [0.29, 0.717) is 17.9 Å². The van der Waals surface area contributed by atoms with Gasteiger partial charge in [-0.2, -0.15) is 0 Å². The molecule has 0 fully saturated rings. The number of azo groups is 1. The predicted molar refractivity (Wildman–Crippen MR) is 141 cm³/mol. The van der Waals surface area contributed by atoms with Crippen molar-refractivity contribution in [3.63, 3.8) is 0 Å². The Morgan fingerprint density at radius 3 is 2.34 bits per heavy atom. The van der Waals surface area contributed by atoms with E-state index in [1.807, 2.05) is 91.0 Å². The quantitative estimate of drug-likeness (QED) is 0.268. The number of aromatic nitrogens is 2. The van der Waals surface area contributed by atoms with Crippen LogP contribution < -0.4 is 0 Å². The standard InChI is InChI=1S/C30H22N4O/c35-28-19-18-22-12-4-5-13-23(22)29(28)33-32-25-15-7-6-14-24(25)30-31-26-16-8-9-17-27(26)34(30)20-21-10-2-1-3-11-21/h1-19,35H,20H2. The first-order chi connectivity index (χ1) is 17.3. The Labute approximate surface area is 202 Å². The third kappa shape index (κ3) is 3.93. The number of hydrogen-bond donors (Lipinski definition) is 1.